The Bertz CT molecular complexity index is 685. The number of fused-ring (bicyclic) bond motifs is 2. The van der Waals surface area contributed by atoms with Crippen LogP contribution in [0.1, 0.15) is 12.2 Å². The van der Waals surface area contributed by atoms with Crippen molar-refractivity contribution in [2.75, 3.05) is 18.0 Å². The average Bonchev–Trinajstić information content (AvgIpc) is 2.94. The third-order valence-electron chi connectivity index (χ3n) is 4.10. The van der Waals surface area contributed by atoms with Gasteiger partial charge in [-0.2, -0.15) is 0 Å². The summed E-state index contributed by atoms with van der Waals surface area (Å²) in [6, 6.07) is 4.16. The van der Waals surface area contributed by atoms with E-state index in [1.165, 1.54) is 0 Å². The SMILES string of the molecule is Cc1nc(N2C[C@@H]3CC(=O)N[C@@H]3C2)c2cccnc2n1. The predicted molar refractivity (Wildman–Crippen MR) is 74.3 cm³/mol. The minimum atomic E-state index is 0.171. The van der Waals surface area contributed by atoms with Crippen LogP contribution in [-0.2, 0) is 4.79 Å². The van der Waals surface area contributed by atoms with E-state index in [-0.39, 0.29) is 11.9 Å². The molecule has 0 saturated carbocycles. The zero-order valence-corrected chi connectivity index (χ0v) is 11.2. The molecule has 1 N–H and O–H groups in total. The van der Waals surface area contributed by atoms with Crippen LogP contribution >= 0.6 is 0 Å². The maximum Gasteiger partial charge on any atom is 0.220 e. The van der Waals surface area contributed by atoms with Crippen molar-refractivity contribution in [3.05, 3.63) is 24.2 Å². The van der Waals surface area contributed by atoms with Crippen molar-refractivity contribution >= 4 is 22.8 Å². The van der Waals surface area contributed by atoms with E-state index in [2.05, 4.69) is 25.2 Å². The number of anilines is 1. The molecular weight excluding hydrogens is 254 g/mol. The molecule has 2 aliphatic heterocycles. The van der Waals surface area contributed by atoms with E-state index in [1.807, 2.05) is 19.1 Å². The molecule has 2 aromatic heterocycles. The smallest absolute Gasteiger partial charge is 0.220 e. The molecule has 2 atom stereocenters. The first-order chi connectivity index (χ1) is 9.70. The maximum atomic E-state index is 11.4. The first-order valence-corrected chi connectivity index (χ1v) is 6.84. The third-order valence-corrected chi connectivity index (χ3v) is 4.10. The van der Waals surface area contributed by atoms with Gasteiger partial charge in [0.25, 0.3) is 0 Å². The molecule has 6 nitrogen and oxygen atoms in total. The quantitative estimate of drug-likeness (QED) is 0.823. The second-order valence-corrected chi connectivity index (χ2v) is 5.51. The highest BCUT2D eigenvalue weighted by Gasteiger charge is 2.40. The number of rotatable bonds is 1. The van der Waals surface area contributed by atoms with Crippen molar-refractivity contribution in [3.8, 4) is 0 Å². The van der Waals surface area contributed by atoms with Crippen molar-refractivity contribution in [1.29, 1.82) is 0 Å². The van der Waals surface area contributed by atoms with E-state index in [0.29, 0.717) is 12.3 Å². The molecule has 2 aliphatic rings. The van der Waals surface area contributed by atoms with Gasteiger partial charge in [-0.05, 0) is 19.1 Å². The fourth-order valence-electron chi connectivity index (χ4n) is 3.21. The van der Waals surface area contributed by atoms with Gasteiger partial charge in [0.2, 0.25) is 5.91 Å². The normalized spacial score (nSPS) is 25.1. The van der Waals surface area contributed by atoms with E-state index >= 15 is 0 Å². The Labute approximate surface area is 116 Å². The summed E-state index contributed by atoms with van der Waals surface area (Å²) in [4.78, 5) is 26.9. The summed E-state index contributed by atoms with van der Waals surface area (Å²) in [5.41, 5.74) is 0.732. The molecule has 2 aromatic rings. The zero-order chi connectivity index (χ0) is 13.7. The Morgan fingerprint density at radius 3 is 3.10 bits per heavy atom. The van der Waals surface area contributed by atoms with E-state index in [0.717, 1.165) is 35.8 Å². The van der Waals surface area contributed by atoms with Crippen molar-refractivity contribution in [3.63, 3.8) is 0 Å². The molecule has 4 heterocycles. The molecule has 6 heteroatoms. The first-order valence-electron chi connectivity index (χ1n) is 6.84. The number of amides is 1. The fourth-order valence-corrected chi connectivity index (χ4v) is 3.21. The summed E-state index contributed by atoms with van der Waals surface area (Å²) in [6.07, 6.45) is 2.37. The van der Waals surface area contributed by atoms with Gasteiger partial charge in [-0.1, -0.05) is 0 Å². The van der Waals surface area contributed by atoms with Crippen LogP contribution in [0, 0.1) is 12.8 Å². The number of aromatic nitrogens is 3. The molecule has 20 heavy (non-hydrogen) atoms. The standard InChI is InChI=1S/C14H15N5O/c1-8-16-13-10(3-2-4-15-13)14(17-8)19-6-9-5-12(20)18-11(9)7-19/h2-4,9,11H,5-7H2,1H3,(H,18,20)/t9-,11+/m0/s1. The summed E-state index contributed by atoms with van der Waals surface area (Å²) in [5, 5.41) is 4.01. The monoisotopic (exact) mass is 269 g/mol. The van der Waals surface area contributed by atoms with E-state index in [9.17, 15) is 4.79 Å². The molecule has 2 fully saturated rings. The van der Waals surface area contributed by atoms with Crippen LogP contribution in [-0.4, -0.2) is 40.0 Å². The Morgan fingerprint density at radius 2 is 2.25 bits per heavy atom. The number of nitrogens with one attached hydrogen (secondary N) is 1. The Hall–Kier alpha value is -2.24. The van der Waals surface area contributed by atoms with E-state index in [4.69, 9.17) is 0 Å². The number of hydrogen-bond donors (Lipinski definition) is 1. The van der Waals surface area contributed by atoms with Crippen LogP contribution in [0.5, 0.6) is 0 Å². The van der Waals surface area contributed by atoms with Crippen LogP contribution < -0.4 is 10.2 Å². The Morgan fingerprint density at radius 1 is 1.35 bits per heavy atom. The molecule has 0 spiro atoms. The molecule has 102 valence electrons. The topological polar surface area (TPSA) is 71.0 Å². The largest absolute Gasteiger partial charge is 0.354 e. The van der Waals surface area contributed by atoms with Crippen LogP contribution in [0.2, 0.25) is 0 Å². The molecule has 0 bridgehead atoms. The van der Waals surface area contributed by atoms with Gasteiger partial charge in [-0.15, -0.1) is 0 Å². The first kappa shape index (κ1) is 11.6. The van der Waals surface area contributed by atoms with Crippen molar-refractivity contribution < 1.29 is 4.79 Å². The highest BCUT2D eigenvalue weighted by atomic mass is 16.2. The molecule has 2 saturated heterocycles. The maximum absolute atomic E-state index is 11.4. The third kappa shape index (κ3) is 1.71. The Balaban J connectivity index is 1.75. The second kappa shape index (κ2) is 4.13. The van der Waals surface area contributed by atoms with Gasteiger partial charge in [0.1, 0.15) is 11.6 Å². The second-order valence-electron chi connectivity index (χ2n) is 5.51. The fraction of sp³-hybridized carbons (Fsp3) is 0.429. The van der Waals surface area contributed by atoms with Gasteiger partial charge in [0, 0.05) is 31.6 Å². The van der Waals surface area contributed by atoms with Crippen LogP contribution in [0.3, 0.4) is 0 Å². The summed E-state index contributed by atoms with van der Waals surface area (Å²) in [7, 11) is 0. The van der Waals surface area contributed by atoms with Crippen molar-refractivity contribution in [1.82, 2.24) is 20.3 Å². The summed E-state index contributed by atoms with van der Waals surface area (Å²) >= 11 is 0. The molecule has 4 rings (SSSR count). The van der Waals surface area contributed by atoms with Gasteiger partial charge >= 0.3 is 0 Å². The lowest BCUT2D eigenvalue weighted by molar-refractivity contribution is -0.119. The van der Waals surface area contributed by atoms with Crippen molar-refractivity contribution in [2.24, 2.45) is 5.92 Å². The minimum absolute atomic E-state index is 0.171. The molecular formula is C14H15N5O. The number of hydrogen-bond acceptors (Lipinski definition) is 5. The minimum Gasteiger partial charge on any atom is -0.354 e. The van der Waals surface area contributed by atoms with Crippen molar-refractivity contribution in [2.45, 2.75) is 19.4 Å². The lowest BCUT2D eigenvalue weighted by atomic mass is 10.1. The number of carbonyl (C=O) groups is 1. The van der Waals surface area contributed by atoms with Gasteiger partial charge in [-0.3, -0.25) is 4.79 Å². The molecule has 0 aromatic carbocycles. The lowest BCUT2D eigenvalue weighted by Gasteiger charge is -2.20. The number of carbonyl (C=O) groups excluding carboxylic acids is 1. The number of nitrogens with zero attached hydrogens (tertiary/aromatic N) is 4. The number of aryl methyl sites for hydroxylation is 1. The van der Waals surface area contributed by atoms with E-state index < -0.39 is 0 Å². The van der Waals surface area contributed by atoms with E-state index in [1.54, 1.807) is 6.20 Å². The highest BCUT2D eigenvalue weighted by Crippen LogP contribution is 2.31. The lowest BCUT2D eigenvalue weighted by Crippen LogP contribution is -2.33. The molecule has 0 unspecified atom stereocenters. The number of pyridine rings is 1. The Kier molecular flexibility index (Phi) is 2.39. The predicted octanol–water partition coefficient (Wildman–Crippen LogP) is 0.658. The summed E-state index contributed by atoms with van der Waals surface area (Å²) in [5.74, 6) is 2.23. The van der Waals surface area contributed by atoms with Crippen LogP contribution in [0.15, 0.2) is 18.3 Å². The average molecular weight is 269 g/mol. The molecule has 1 amide bonds. The molecule has 0 radical (unpaired) electrons. The van der Waals surface area contributed by atoms with Gasteiger partial charge in [-0.25, -0.2) is 15.0 Å². The van der Waals surface area contributed by atoms with Gasteiger partial charge < -0.3 is 10.2 Å². The van der Waals surface area contributed by atoms with Gasteiger partial charge in [0.15, 0.2) is 5.65 Å². The summed E-state index contributed by atoms with van der Waals surface area (Å²) in [6.45, 7) is 3.57. The van der Waals surface area contributed by atoms with Gasteiger partial charge in [0.05, 0.1) is 11.4 Å². The zero-order valence-electron chi connectivity index (χ0n) is 11.2. The van der Waals surface area contributed by atoms with Crippen LogP contribution in [0.4, 0.5) is 5.82 Å². The van der Waals surface area contributed by atoms with Crippen LogP contribution in [0.25, 0.3) is 11.0 Å². The highest BCUT2D eigenvalue weighted by molar-refractivity contribution is 5.87. The molecule has 0 aliphatic carbocycles. The summed E-state index contributed by atoms with van der Waals surface area (Å²) < 4.78 is 0.